The van der Waals surface area contributed by atoms with Crippen molar-refractivity contribution in [3.63, 3.8) is 0 Å². The highest BCUT2D eigenvalue weighted by molar-refractivity contribution is 6.24. The van der Waals surface area contributed by atoms with Gasteiger partial charge >= 0.3 is 0 Å². The molecule has 19 aromatic carbocycles. The monoisotopic (exact) mass is 1290 g/mol. The molecule has 0 saturated heterocycles. The molecule has 2 aromatic heterocycles. The fourth-order valence-electron chi connectivity index (χ4n) is 16.2. The lowest BCUT2D eigenvalue weighted by atomic mass is 9.85. The largest absolute Gasteiger partial charge is 0.456 e. The van der Waals surface area contributed by atoms with Gasteiger partial charge in [0.25, 0.3) is 0 Å². The third-order valence-electron chi connectivity index (χ3n) is 21.0. The summed E-state index contributed by atoms with van der Waals surface area (Å²) in [6.45, 7) is 0. The van der Waals surface area contributed by atoms with Gasteiger partial charge in [-0.3, -0.25) is 0 Å². The van der Waals surface area contributed by atoms with Crippen molar-refractivity contribution < 1.29 is 8.83 Å². The van der Waals surface area contributed by atoms with E-state index in [2.05, 4.69) is 376 Å². The number of furan rings is 2. The standard InChI is InChI=1S/C52H32O.C48H30O/c1-2-11-36-28-40(25-22-33(36)10-1)34-20-23-35(24-21-34)51-43-16-5-7-18-45(43)52(46-19-8-6-17-44(46)51)42-15-9-14-37(29-42)41-26-27-49-47(31-41)48-30-38-12-3-4-13-39(38)32-50(48)53-49;1-2-12-31(13-3-1)32-16-10-18-37(26-32)47-39-20-6-8-22-41(39)48(42-23-9-7-21-40(42)47)38-19-11-17-33(27-38)36-24-25-45-43(29-36)44-28-34-14-4-5-15-35(34)30-46(44)49-45/h1-32H;1-30H. The van der Waals surface area contributed by atoms with Gasteiger partial charge in [0.2, 0.25) is 0 Å². The van der Waals surface area contributed by atoms with E-state index in [1.54, 1.807) is 0 Å². The lowest BCUT2D eigenvalue weighted by molar-refractivity contribution is 0.669. The van der Waals surface area contributed by atoms with Crippen molar-refractivity contribution in [1.82, 2.24) is 0 Å². The van der Waals surface area contributed by atoms with Gasteiger partial charge in [0.15, 0.2) is 0 Å². The Morgan fingerprint density at radius 3 is 0.784 bits per heavy atom. The molecule has 0 radical (unpaired) electrons. The van der Waals surface area contributed by atoms with Crippen LogP contribution in [0.3, 0.4) is 0 Å². The van der Waals surface area contributed by atoms with Crippen LogP contribution in [0.15, 0.2) is 385 Å². The second-order valence-electron chi connectivity index (χ2n) is 26.9. The summed E-state index contributed by atoms with van der Waals surface area (Å²) < 4.78 is 12.7. The Balaban J connectivity index is 0.000000137. The minimum Gasteiger partial charge on any atom is -0.456 e. The van der Waals surface area contributed by atoms with Crippen LogP contribution < -0.4 is 0 Å². The maximum atomic E-state index is 6.33. The summed E-state index contributed by atoms with van der Waals surface area (Å²) >= 11 is 0. The van der Waals surface area contributed by atoms with Crippen molar-refractivity contribution in [2.45, 2.75) is 0 Å². The molecule has 102 heavy (non-hydrogen) atoms. The molecular weight excluding hydrogens is 1230 g/mol. The Kier molecular flexibility index (Phi) is 14.0. The molecule has 0 amide bonds. The second-order valence-corrected chi connectivity index (χ2v) is 26.9. The zero-order valence-corrected chi connectivity index (χ0v) is 55.6. The van der Waals surface area contributed by atoms with E-state index >= 15 is 0 Å². The highest BCUT2D eigenvalue weighted by Crippen LogP contribution is 2.48. The Morgan fingerprint density at radius 1 is 0.118 bits per heavy atom. The molecule has 0 fully saturated rings. The number of rotatable bonds is 8. The minimum atomic E-state index is 0.910. The van der Waals surface area contributed by atoms with Crippen molar-refractivity contribution >= 4 is 119 Å². The second kappa shape index (κ2) is 24.2. The van der Waals surface area contributed by atoms with Gasteiger partial charge in [-0.15, -0.1) is 0 Å². The van der Waals surface area contributed by atoms with Crippen LogP contribution in [0.25, 0.3) is 208 Å². The average molecular weight is 1300 g/mol. The Labute approximate surface area is 589 Å². The maximum Gasteiger partial charge on any atom is 0.136 e. The first kappa shape index (κ1) is 58.7. The normalized spacial score (nSPS) is 11.7. The van der Waals surface area contributed by atoms with Crippen LogP contribution in [0.2, 0.25) is 0 Å². The molecule has 2 nitrogen and oxygen atoms in total. The molecule has 0 bridgehead atoms. The number of benzene rings is 19. The molecule has 0 aliphatic carbocycles. The van der Waals surface area contributed by atoms with E-state index in [0.29, 0.717) is 0 Å². The van der Waals surface area contributed by atoms with Crippen LogP contribution in [0, 0.1) is 0 Å². The summed E-state index contributed by atoms with van der Waals surface area (Å²) in [5.74, 6) is 0. The van der Waals surface area contributed by atoms with Gasteiger partial charge in [0, 0.05) is 21.5 Å². The van der Waals surface area contributed by atoms with Crippen molar-refractivity contribution in [3.8, 4) is 89.0 Å². The van der Waals surface area contributed by atoms with Crippen molar-refractivity contribution in [1.29, 1.82) is 0 Å². The summed E-state index contributed by atoms with van der Waals surface area (Å²) in [6, 6.07) is 137. The minimum absolute atomic E-state index is 0.910. The summed E-state index contributed by atoms with van der Waals surface area (Å²) in [5, 5.41) is 21.9. The molecule has 0 spiro atoms. The van der Waals surface area contributed by atoms with Gasteiger partial charge in [-0.05, 0) is 237 Å². The Bertz CT molecular complexity index is 6810. The lowest BCUT2D eigenvalue weighted by Gasteiger charge is -2.18. The average Bonchev–Trinajstić information content (AvgIpc) is 1.03. The number of fused-ring (bicyclic) bond motifs is 13. The van der Waals surface area contributed by atoms with E-state index in [9.17, 15) is 0 Å². The molecule has 21 aromatic rings. The molecule has 2 heterocycles. The number of hydrogen-bond acceptors (Lipinski definition) is 2. The first-order valence-electron chi connectivity index (χ1n) is 35.1. The van der Waals surface area contributed by atoms with Gasteiger partial charge in [-0.1, -0.05) is 303 Å². The van der Waals surface area contributed by atoms with Crippen molar-refractivity contribution in [3.05, 3.63) is 376 Å². The fourth-order valence-corrected chi connectivity index (χ4v) is 16.2. The van der Waals surface area contributed by atoms with Crippen LogP contribution >= 0.6 is 0 Å². The van der Waals surface area contributed by atoms with Crippen LogP contribution in [-0.4, -0.2) is 0 Å². The van der Waals surface area contributed by atoms with Gasteiger partial charge in [0.05, 0.1) is 0 Å². The molecule has 0 atom stereocenters. The van der Waals surface area contributed by atoms with Gasteiger partial charge < -0.3 is 8.83 Å². The van der Waals surface area contributed by atoms with E-state index < -0.39 is 0 Å². The summed E-state index contributed by atoms with van der Waals surface area (Å²) in [5.41, 5.74) is 23.2. The Morgan fingerprint density at radius 2 is 0.373 bits per heavy atom. The van der Waals surface area contributed by atoms with Gasteiger partial charge in [-0.25, -0.2) is 0 Å². The summed E-state index contributed by atoms with van der Waals surface area (Å²) in [4.78, 5) is 0. The van der Waals surface area contributed by atoms with Gasteiger partial charge in [0.1, 0.15) is 22.3 Å². The first-order chi connectivity index (χ1) is 50.5. The first-order valence-corrected chi connectivity index (χ1v) is 35.1. The maximum absolute atomic E-state index is 6.33. The number of hydrogen-bond donors (Lipinski definition) is 0. The zero-order valence-electron chi connectivity index (χ0n) is 55.6. The van der Waals surface area contributed by atoms with E-state index in [1.165, 1.54) is 164 Å². The van der Waals surface area contributed by atoms with E-state index in [4.69, 9.17) is 8.83 Å². The molecule has 0 N–H and O–H groups in total. The molecule has 21 rings (SSSR count). The smallest absolute Gasteiger partial charge is 0.136 e. The van der Waals surface area contributed by atoms with Crippen LogP contribution in [0.4, 0.5) is 0 Å². The molecule has 2 heteroatoms. The van der Waals surface area contributed by atoms with Crippen LogP contribution in [-0.2, 0) is 0 Å². The predicted octanol–water partition coefficient (Wildman–Crippen LogP) is 28.6. The summed E-state index contributed by atoms with van der Waals surface area (Å²) in [6.07, 6.45) is 0. The lowest BCUT2D eigenvalue weighted by Crippen LogP contribution is -1.91. The molecule has 0 aliphatic rings. The topological polar surface area (TPSA) is 26.3 Å². The van der Waals surface area contributed by atoms with Gasteiger partial charge in [-0.2, -0.15) is 0 Å². The predicted molar refractivity (Wildman–Crippen MR) is 433 cm³/mol. The zero-order chi connectivity index (χ0) is 67.2. The molecule has 474 valence electrons. The third kappa shape index (κ3) is 10.1. The van der Waals surface area contributed by atoms with E-state index in [-0.39, 0.29) is 0 Å². The van der Waals surface area contributed by atoms with Crippen LogP contribution in [0.5, 0.6) is 0 Å². The SMILES string of the molecule is c1cc(-c2ccc3oc4cc5ccccc5cc4c3c2)cc(-c2c3ccccc3c(-c3ccc(-c4ccc5ccccc5c4)cc3)c3ccccc23)c1.c1ccc(-c2cccc(-c3c4ccccc4c(-c4cccc(-c5ccc6oc7cc8ccccc8cc7c6c5)c4)c4ccccc34)c2)cc1. The Hall–Kier alpha value is -13.4. The van der Waals surface area contributed by atoms with Crippen molar-refractivity contribution in [2.24, 2.45) is 0 Å². The highest BCUT2D eigenvalue weighted by atomic mass is 16.3. The van der Waals surface area contributed by atoms with Crippen LogP contribution in [0.1, 0.15) is 0 Å². The van der Waals surface area contributed by atoms with Crippen molar-refractivity contribution in [2.75, 3.05) is 0 Å². The molecular formula is C100H62O2. The quantitative estimate of drug-likeness (QED) is 0.142. The van der Waals surface area contributed by atoms with E-state index in [0.717, 1.165) is 43.9 Å². The molecule has 0 unspecified atom stereocenters. The summed E-state index contributed by atoms with van der Waals surface area (Å²) in [7, 11) is 0. The molecule has 0 aliphatic heterocycles. The van der Waals surface area contributed by atoms with E-state index in [1.807, 2.05) is 0 Å². The fraction of sp³-hybridized carbons (Fsp3) is 0. The highest BCUT2D eigenvalue weighted by Gasteiger charge is 2.21. The third-order valence-corrected chi connectivity index (χ3v) is 21.0. The molecule has 0 saturated carbocycles.